The van der Waals surface area contributed by atoms with Gasteiger partial charge in [-0.3, -0.25) is 0 Å². The van der Waals surface area contributed by atoms with Gasteiger partial charge in [-0.2, -0.15) is 4.98 Å². The molecule has 2 aliphatic rings. The van der Waals surface area contributed by atoms with Crippen molar-refractivity contribution in [1.82, 2.24) is 20.3 Å². The lowest BCUT2D eigenvalue weighted by Crippen LogP contribution is -2.42. The molecule has 3 atom stereocenters. The van der Waals surface area contributed by atoms with Crippen molar-refractivity contribution >= 4 is 16.5 Å². The molecule has 4 rings (SSSR count). The molecular weight excluding hydrogens is 290 g/mol. The van der Waals surface area contributed by atoms with E-state index in [0.29, 0.717) is 17.6 Å². The first-order chi connectivity index (χ1) is 10.2. The number of ether oxygens (including phenoxy) is 1. The molecule has 2 saturated heterocycles. The van der Waals surface area contributed by atoms with Crippen LogP contribution in [-0.4, -0.2) is 39.5 Å². The number of nitrogens with zero attached hydrogens (tertiary/aromatic N) is 5. The van der Waals surface area contributed by atoms with E-state index in [4.69, 9.17) is 9.26 Å². The van der Waals surface area contributed by atoms with Gasteiger partial charge in [0.15, 0.2) is 5.82 Å². The number of rotatable bonds is 2. The van der Waals surface area contributed by atoms with Crippen LogP contribution in [0.25, 0.3) is 0 Å². The summed E-state index contributed by atoms with van der Waals surface area (Å²) in [5.74, 6) is 1.84. The molecule has 0 unspecified atom stereocenters. The van der Waals surface area contributed by atoms with Crippen molar-refractivity contribution in [1.29, 1.82) is 0 Å². The monoisotopic (exact) mass is 307 g/mol. The van der Waals surface area contributed by atoms with E-state index in [0.717, 1.165) is 36.1 Å². The fourth-order valence-corrected chi connectivity index (χ4v) is 3.84. The summed E-state index contributed by atoms with van der Waals surface area (Å²) in [6.45, 7) is 5.68. The topological polar surface area (TPSA) is 77.2 Å². The minimum Gasteiger partial charge on any atom is -0.363 e. The first-order valence-corrected chi connectivity index (χ1v) is 8.01. The lowest BCUT2D eigenvalue weighted by molar-refractivity contribution is 0.0164. The standard InChI is InChI=1S/C13H17N5O2S/c1-7-14-12(20-17-7)10-5-9-3-4-18(6-11(9)19-10)13-16-15-8(2)21-13/h9-11H,3-6H2,1-2H3/t9-,10-,11+/m0/s1. The third-order valence-electron chi connectivity index (χ3n) is 4.16. The molecule has 2 aromatic rings. The zero-order valence-corrected chi connectivity index (χ0v) is 12.8. The number of fused-ring (bicyclic) bond motifs is 1. The molecule has 8 heteroatoms. The Bertz CT molecular complexity index is 604. The first kappa shape index (κ1) is 13.1. The first-order valence-electron chi connectivity index (χ1n) is 7.20. The van der Waals surface area contributed by atoms with E-state index < -0.39 is 0 Å². The summed E-state index contributed by atoms with van der Waals surface area (Å²) in [7, 11) is 0. The van der Waals surface area contributed by atoms with Gasteiger partial charge in [-0.1, -0.05) is 16.5 Å². The Morgan fingerprint density at radius 1 is 1.29 bits per heavy atom. The molecule has 2 fully saturated rings. The molecule has 112 valence electrons. The number of hydrogen-bond donors (Lipinski definition) is 0. The number of anilines is 1. The lowest BCUT2D eigenvalue weighted by atomic mass is 9.92. The van der Waals surface area contributed by atoms with Crippen LogP contribution in [0.1, 0.15) is 35.7 Å². The minimum atomic E-state index is -0.0580. The van der Waals surface area contributed by atoms with Crippen molar-refractivity contribution in [2.75, 3.05) is 18.0 Å². The normalized spacial score (nSPS) is 28.9. The lowest BCUT2D eigenvalue weighted by Gasteiger charge is -2.33. The van der Waals surface area contributed by atoms with E-state index in [1.165, 1.54) is 0 Å². The van der Waals surface area contributed by atoms with Crippen molar-refractivity contribution < 1.29 is 9.26 Å². The summed E-state index contributed by atoms with van der Waals surface area (Å²) in [4.78, 5) is 6.57. The summed E-state index contributed by atoms with van der Waals surface area (Å²) in [5, 5.41) is 14.2. The molecule has 21 heavy (non-hydrogen) atoms. The largest absolute Gasteiger partial charge is 0.363 e. The van der Waals surface area contributed by atoms with Crippen LogP contribution >= 0.6 is 11.3 Å². The SMILES string of the molecule is Cc1noc([C@@H]2C[C@@H]3CCN(c4nnc(C)s4)C[C@H]3O2)n1. The second kappa shape index (κ2) is 5.03. The Labute approximate surface area is 126 Å². The number of aromatic nitrogens is 4. The van der Waals surface area contributed by atoms with Crippen LogP contribution in [0, 0.1) is 19.8 Å². The highest BCUT2D eigenvalue weighted by molar-refractivity contribution is 7.15. The summed E-state index contributed by atoms with van der Waals surface area (Å²) in [5.41, 5.74) is 0. The van der Waals surface area contributed by atoms with Gasteiger partial charge < -0.3 is 14.2 Å². The van der Waals surface area contributed by atoms with E-state index in [-0.39, 0.29) is 12.2 Å². The van der Waals surface area contributed by atoms with E-state index >= 15 is 0 Å². The summed E-state index contributed by atoms with van der Waals surface area (Å²) in [6, 6.07) is 0. The molecule has 0 radical (unpaired) electrons. The van der Waals surface area contributed by atoms with E-state index in [9.17, 15) is 0 Å². The molecule has 0 amide bonds. The molecule has 0 spiro atoms. The molecule has 0 aromatic carbocycles. The third kappa shape index (κ3) is 2.42. The van der Waals surface area contributed by atoms with Crippen LogP contribution < -0.4 is 4.90 Å². The Hall–Kier alpha value is -1.54. The van der Waals surface area contributed by atoms with Gasteiger partial charge in [-0.25, -0.2) is 0 Å². The molecule has 0 saturated carbocycles. The van der Waals surface area contributed by atoms with E-state index in [1.54, 1.807) is 11.3 Å². The summed E-state index contributed by atoms with van der Waals surface area (Å²) >= 11 is 1.64. The van der Waals surface area contributed by atoms with Crippen molar-refractivity contribution in [3.05, 3.63) is 16.7 Å². The van der Waals surface area contributed by atoms with Crippen LogP contribution in [0.3, 0.4) is 0 Å². The van der Waals surface area contributed by atoms with Gasteiger partial charge in [0, 0.05) is 13.1 Å². The second-order valence-corrected chi connectivity index (χ2v) is 6.84. The summed E-state index contributed by atoms with van der Waals surface area (Å²) in [6.07, 6.45) is 2.22. The molecule has 7 nitrogen and oxygen atoms in total. The van der Waals surface area contributed by atoms with Crippen molar-refractivity contribution in [3.63, 3.8) is 0 Å². The van der Waals surface area contributed by atoms with Crippen LogP contribution in [0.2, 0.25) is 0 Å². The highest BCUT2D eigenvalue weighted by atomic mass is 32.1. The number of aryl methyl sites for hydroxylation is 2. The molecular formula is C13H17N5O2S. The smallest absolute Gasteiger partial charge is 0.255 e. The maximum Gasteiger partial charge on any atom is 0.255 e. The van der Waals surface area contributed by atoms with Crippen LogP contribution in [0.5, 0.6) is 0 Å². The Balaban J connectivity index is 1.47. The highest BCUT2D eigenvalue weighted by Gasteiger charge is 2.42. The van der Waals surface area contributed by atoms with E-state index in [2.05, 4.69) is 25.2 Å². The predicted molar refractivity (Wildman–Crippen MR) is 76.2 cm³/mol. The third-order valence-corrected chi connectivity index (χ3v) is 5.06. The van der Waals surface area contributed by atoms with Crippen LogP contribution in [-0.2, 0) is 4.74 Å². The fraction of sp³-hybridized carbons (Fsp3) is 0.692. The summed E-state index contributed by atoms with van der Waals surface area (Å²) < 4.78 is 11.4. The van der Waals surface area contributed by atoms with Crippen LogP contribution in [0.4, 0.5) is 5.13 Å². The maximum absolute atomic E-state index is 6.14. The van der Waals surface area contributed by atoms with Crippen molar-refractivity contribution in [3.8, 4) is 0 Å². The Morgan fingerprint density at radius 3 is 2.90 bits per heavy atom. The van der Waals surface area contributed by atoms with Gasteiger partial charge in [0.2, 0.25) is 5.13 Å². The van der Waals surface area contributed by atoms with Crippen molar-refractivity contribution in [2.24, 2.45) is 5.92 Å². The maximum atomic E-state index is 6.14. The van der Waals surface area contributed by atoms with Gasteiger partial charge in [0.05, 0.1) is 6.10 Å². The minimum absolute atomic E-state index is 0.0580. The molecule has 2 aromatic heterocycles. The Morgan fingerprint density at radius 2 is 2.19 bits per heavy atom. The van der Waals surface area contributed by atoms with Gasteiger partial charge in [0.25, 0.3) is 5.89 Å². The van der Waals surface area contributed by atoms with Crippen molar-refractivity contribution in [2.45, 2.75) is 38.9 Å². The molecule has 0 N–H and O–H groups in total. The van der Waals surface area contributed by atoms with Gasteiger partial charge >= 0.3 is 0 Å². The highest BCUT2D eigenvalue weighted by Crippen LogP contribution is 2.41. The molecule has 0 bridgehead atoms. The Kier molecular flexibility index (Phi) is 3.15. The average molecular weight is 307 g/mol. The second-order valence-electron chi connectivity index (χ2n) is 5.68. The zero-order valence-electron chi connectivity index (χ0n) is 12.0. The van der Waals surface area contributed by atoms with Crippen LogP contribution in [0.15, 0.2) is 4.52 Å². The number of piperidine rings is 1. The van der Waals surface area contributed by atoms with Gasteiger partial charge in [0.1, 0.15) is 11.1 Å². The molecule has 2 aliphatic heterocycles. The average Bonchev–Trinajstić information content (AvgIpc) is 3.16. The van der Waals surface area contributed by atoms with Gasteiger partial charge in [-0.15, -0.1) is 10.2 Å². The predicted octanol–water partition coefficient (Wildman–Crippen LogP) is 1.89. The zero-order chi connectivity index (χ0) is 14.4. The quantitative estimate of drug-likeness (QED) is 0.838. The molecule has 4 heterocycles. The van der Waals surface area contributed by atoms with Gasteiger partial charge in [-0.05, 0) is 32.6 Å². The molecule has 0 aliphatic carbocycles. The number of hydrogen-bond acceptors (Lipinski definition) is 8. The van der Waals surface area contributed by atoms with E-state index in [1.807, 2.05) is 13.8 Å². The fourth-order valence-electron chi connectivity index (χ4n) is 3.12.